The molecule has 4 rings (SSSR count). The van der Waals surface area contributed by atoms with Gasteiger partial charge in [-0.1, -0.05) is 63.6 Å². The molecular weight excluding hydrogens is 408 g/mol. The van der Waals surface area contributed by atoms with E-state index in [1.54, 1.807) is 0 Å². The van der Waals surface area contributed by atoms with E-state index >= 15 is 0 Å². The molecule has 0 aromatic heterocycles. The highest BCUT2D eigenvalue weighted by atomic mass is 16.5. The van der Waals surface area contributed by atoms with Crippen LogP contribution in [0.25, 0.3) is 0 Å². The molecule has 3 nitrogen and oxygen atoms in total. The Bertz CT molecular complexity index is 908. The van der Waals surface area contributed by atoms with Crippen LogP contribution in [0.15, 0.2) is 48.5 Å². The molecule has 0 saturated heterocycles. The van der Waals surface area contributed by atoms with E-state index in [1.165, 1.54) is 29.5 Å². The highest BCUT2D eigenvalue weighted by Gasteiger charge is 2.53. The van der Waals surface area contributed by atoms with E-state index in [1.807, 2.05) is 30.3 Å². The van der Waals surface area contributed by atoms with Crippen molar-refractivity contribution in [3.05, 3.63) is 65.2 Å². The third-order valence-electron chi connectivity index (χ3n) is 8.51. The number of fused-ring (bicyclic) bond motifs is 3. The first-order valence-corrected chi connectivity index (χ1v) is 12.9. The lowest BCUT2D eigenvalue weighted by atomic mass is 9.50. The van der Waals surface area contributed by atoms with Crippen LogP contribution in [0.5, 0.6) is 5.75 Å². The van der Waals surface area contributed by atoms with E-state index in [4.69, 9.17) is 4.74 Å². The van der Waals surface area contributed by atoms with Gasteiger partial charge < -0.3 is 14.9 Å². The van der Waals surface area contributed by atoms with Crippen molar-refractivity contribution in [3.63, 3.8) is 0 Å². The fraction of sp³-hybridized carbons (Fsp3) is 0.600. The van der Waals surface area contributed by atoms with Crippen LogP contribution in [-0.4, -0.2) is 22.4 Å². The number of rotatable bonds is 9. The molecule has 33 heavy (non-hydrogen) atoms. The van der Waals surface area contributed by atoms with Gasteiger partial charge in [0.25, 0.3) is 0 Å². The monoisotopic (exact) mass is 450 g/mol. The van der Waals surface area contributed by atoms with Crippen LogP contribution >= 0.6 is 0 Å². The van der Waals surface area contributed by atoms with Crippen LogP contribution in [0.3, 0.4) is 0 Å². The van der Waals surface area contributed by atoms with Crippen molar-refractivity contribution in [1.82, 2.24) is 0 Å². The van der Waals surface area contributed by atoms with Crippen molar-refractivity contribution < 1.29 is 14.9 Å². The number of phenols is 1. The Morgan fingerprint density at radius 1 is 1.09 bits per heavy atom. The summed E-state index contributed by atoms with van der Waals surface area (Å²) in [6.07, 6.45) is 7.97. The smallest absolute Gasteiger partial charge is 0.115 e. The lowest BCUT2D eigenvalue weighted by Gasteiger charge is -2.56. The van der Waals surface area contributed by atoms with Crippen molar-refractivity contribution in [2.24, 2.45) is 17.3 Å². The van der Waals surface area contributed by atoms with Gasteiger partial charge in [-0.05, 0) is 96.9 Å². The van der Waals surface area contributed by atoms with E-state index in [9.17, 15) is 10.2 Å². The molecule has 0 amide bonds. The summed E-state index contributed by atoms with van der Waals surface area (Å²) >= 11 is 0. The average Bonchev–Trinajstić information content (AvgIpc) is 2.79. The van der Waals surface area contributed by atoms with E-state index in [-0.39, 0.29) is 5.41 Å². The Hall–Kier alpha value is -1.84. The Morgan fingerprint density at radius 2 is 1.88 bits per heavy atom. The maximum atomic E-state index is 11.9. The van der Waals surface area contributed by atoms with Gasteiger partial charge in [-0.25, -0.2) is 0 Å². The molecule has 2 aromatic rings. The zero-order valence-corrected chi connectivity index (χ0v) is 20.7. The Balaban J connectivity index is 1.46. The maximum Gasteiger partial charge on any atom is 0.115 e. The van der Waals surface area contributed by atoms with E-state index in [0.717, 1.165) is 38.5 Å². The minimum Gasteiger partial charge on any atom is -0.508 e. The highest BCUT2D eigenvalue weighted by molar-refractivity contribution is 5.41. The van der Waals surface area contributed by atoms with Crippen molar-refractivity contribution in [2.45, 2.75) is 90.3 Å². The lowest BCUT2D eigenvalue weighted by molar-refractivity contribution is -0.0947. The first-order chi connectivity index (χ1) is 15.8. The van der Waals surface area contributed by atoms with Gasteiger partial charge in [0, 0.05) is 6.61 Å². The van der Waals surface area contributed by atoms with Gasteiger partial charge in [0.1, 0.15) is 5.75 Å². The predicted molar refractivity (Wildman–Crippen MR) is 134 cm³/mol. The highest BCUT2D eigenvalue weighted by Crippen LogP contribution is 2.60. The fourth-order valence-corrected chi connectivity index (χ4v) is 6.51. The first-order valence-electron chi connectivity index (χ1n) is 12.9. The largest absolute Gasteiger partial charge is 0.508 e. The SMILES string of the molecule is CC(C)CCC1C[C@@](O)(CCCOCc2ccccc2)CC2c3ccc(O)cc3CCC12C. The molecule has 1 fully saturated rings. The summed E-state index contributed by atoms with van der Waals surface area (Å²) in [7, 11) is 0. The van der Waals surface area contributed by atoms with Crippen LogP contribution in [0, 0.1) is 17.3 Å². The molecule has 0 aliphatic heterocycles. The van der Waals surface area contributed by atoms with Crippen LogP contribution in [0.1, 0.15) is 88.3 Å². The number of phenolic OH excluding ortho intramolecular Hbond substituents is 1. The minimum atomic E-state index is -0.644. The number of aromatic hydroxyl groups is 1. The van der Waals surface area contributed by atoms with Crippen molar-refractivity contribution in [2.75, 3.05) is 6.61 Å². The number of aliphatic hydroxyl groups is 1. The molecule has 3 unspecified atom stereocenters. The zero-order chi connectivity index (χ0) is 23.5. The van der Waals surface area contributed by atoms with Gasteiger partial charge in [-0.2, -0.15) is 0 Å². The second-order valence-corrected chi connectivity index (χ2v) is 11.4. The molecule has 2 aromatic carbocycles. The Morgan fingerprint density at radius 3 is 2.64 bits per heavy atom. The normalized spacial score (nSPS) is 29.0. The summed E-state index contributed by atoms with van der Waals surface area (Å²) < 4.78 is 5.92. The molecule has 3 heteroatoms. The summed E-state index contributed by atoms with van der Waals surface area (Å²) in [6, 6.07) is 16.2. The summed E-state index contributed by atoms with van der Waals surface area (Å²) in [6.45, 7) is 8.39. The number of ether oxygens (including phenoxy) is 1. The van der Waals surface area contributed by atoms with Crippen molar-refractivity contribution in [1.29, 1.82) is 0 Å². The topological polar surface area (TPSA) is 49.7 Å². The molecule has 4 atom stereocenters. The Kier molecular flexibility index (Phi) is 7.50. The van der Waals surface area contributed by atoms with Crippen LogP contribution in [0.2, 0.25) is 0 Å². The number of hydrogen-bond acceptors (Lipinski definition) is 3. The van der Waals surface area contributed by atoms with Gasteiger partial charge >= 0.3 is 0 Å². The van der Waals surface area contributed by atoms with Gasteiger partial charge in [-0.3, -0.25) is 0 Å². The minimum absolute atomic E-state index is 0.217. The molecule has 2 aliphatic rings. The molecule has 1 saturated carbocycles. The Labute approximate surface area is 200 Å². The number of hydrogen-bond donors (Lipinski definition) is 2. The zero-order valence-electron chi connectivity index (χ0n) is 20.7. The fourth-order valence-electron chi connectivity index (χ4n) is 6.51. The van der Waals surface area contributed by atoms with Gasteiger partial charge in [0.05, 0.1) is 12.2 Å². The van der Waals surface area contributed by atoms with Crippen LogP contribution in [-0.2, 0) is 17.8 Å². The third kappa shape index (κ3) is 5.63. The standard InChI is InChI=1S/C30H42O3/c1-22(2)10-11-25-19-30(32,15-7-17-33-21-23-8-5-4-6-9-23)20-28-27-13-12-26(31)18-24(27)14-16-29(25,28)3/h4-6,8-9,12-13,18,22,25,28,31-32H,7,10-11,14-17,19-21H2,1-3H3/t25?,28?,29?,30-/m0/s1. The second-order valence-electron chi connectivity index (χ2n) is 11.4. The number of aryl methyl sites for hydroxylation is 1. The number of benzene rings is 2. The predicted octanol–water partition coefficient (Wildman–Crippen LogP) is 7.00. The molecule has 0 bridgehead atoms. The quantitative estimate of drug-likeness (QED) is 0.404. The molecule has 0 heterocycles. The van der Waals surface area contributed by atoms with Crippen LogP contribution < -0.4 is 0 Å². The lowest BCUT2D eigenvalue weighted by Crippen LogP contribution is -2.50. The van der Waals surface area contributed by atoms with Gasteiger partial charge in [-0.15, -0.1) is 0 Å². The van der Waals surface area contributed by atoms with Gasteiger partial charge in [0.15, 0.2) is 0 Å². The molecule has 2 aliphatic carbocycles. The molecule has 2 N–H and O–H groups in total. The average molecular weight is 451 g/mol. The maximum absolute atomic E-state index is 11.9. The van der Waals surface area contributed by atoms with Crippen molar-refractivity contribution in [3.8, 4) is 5.75 Å². The van der Waals surface area contributed by atoms with Gasteiger partial charge in [0.2, 0.25) is 0 Å². The first kappa shape index (κ1) is 24.3. The second kappa shape index (κ2) is 10.2. The summed E-state index contributed by atoms with van der Waals surface area (Å²) in [5, 5.41) is 21.9. The van der Waals surface area contributed by atoms with E-state index in [2.05, 4.69) is 39.0 Å². The van der Waals surface area contributed by atoms with E-state index in [0.29, 0.717) is 36.7 Å². The van der Waals surface area contributed by atoms with E-state index < -0.39 is 5.60 Å². The van der Waals surface area contributed by atoms with Crippen molar-refractivity contribution >= 4 is 0 Å². The summed E-state index contributed by atoms with van der Waals surface area (Å²) in [5.41, 5.74) is 3.40. The molecule has 0 spiro atoms. The summed E-state index contributed by atoms with van der Waals surface area (Å²) in [4.78, 5) is 0. The van der Waals surface area contributed by atoms with Crippen LogP contribution in [0.4, 0.5) is 0 Å². The third-order valence-corrected chi connectivity index (χ3v) is 8.51. The molecule has 0 radical (unpaired) electrons. The molecule has 180 valence electrons. The molecular formula is C30H42O3. The summed E-state index contributed by atoms with van der Waals surface area (Å²) in [5.74, 6) is 1.91.